The lowest BCUT2D eigenvalue weighted by molar-refractivity contribution is -0.123. The molecule has 3 rings (SSSR count). The highest BCUT2D eigenvalue weighted by atomic mass is 32.1. The Labute approximate surface area is 167 Å². The number of rotatable bonds is 6. The maximum Gasteiger partial charge on any atom is 0.288 e. The number of para-hydroxylation sites is 2. The number of hydrazine groups is 1. The predicted molar refractivity (Wildman–Crippen MR) is 108 cm³/mol. The van der Waals surface area contributed by atoms with Gasteiger partial charge in [-0.2, -0.15) is 0 Å². The SMILES string of the molecule is CCc1ccccc1OCC(=O)NNC(=O)c1c[nH]c(=S)n1-c1ccccc1. The van der Waals surface area contributed by atoms with E-state index in [-0.39, 0.29) is 12.3 Å². The Hall–Kier alpha value is -3.39. The van der Waals surface area contributed by atoms with E-state index in [1.807, 2.05) is 55.5 Å². The Morgan fingerprint density at radius 1 is 1.07 bits per heavy atom. The van der Waals surface area contributed by atoms with Gasteiger partial charge in [-0.05, 0) is 42.4 Å². The molecule has 28 heavy (non-hydrogen) atoms. The van der Waals surface area contributed by atoms with Gasteiger partial charge in [0.1, 0.15) is 11.4 Å². The molecule has 1 heterocycles. The summed E-state index contributed by atoms with van der Waals surface area (Å²) in [5.74, 6) is -0.326. The highest BCUT2D eigenvalue weighted by Gasteiger charge is 2.15. The van der Waals surface area contributed by atoms with Crippen LogP contribution in [-0.4, -0.2) is 28.0 Å². The van der Waals surface area contributed by atoms with Gasteiger partial charge in [-0.1, -0.05) is 43.3 Å². The van der Waals surface area contributed by atoms with Gasteiger partial charge in [-0.25, -0.2) is 0 Å². The summed E-state index contributed by atoms with van der Waals surface area (Å²) in [6.07, 6.45) is 2.29. The van der Waals surface area contributed by atoms with Crippen LogP contribution in [-0.2, 0) is 11.2 Å². The third-order valence-corrected chi connectivity index (χ3v) is 4.35. The van der Waals surface area contributed by atoms with Crippen molar-refractivity contribution in [2.45, 2.75) is 13.3 Å². The number of aromatic amines is 1. The standard InChI is InChI=1S/C20H20N4O3S/c1-2-14-8-6-7-11-17(14)27-13-18(25)22-23-19(26)16-12-21-20(28)24(16)15-9-4-3-5-10-15/h3-12H,2,13H2,1H3,(H,21,28)(H,22,25)(H,23,26). The van der Waals surface area contributed by atoms with Crippen molar-refractivity contribution >= 4 is 24.0 Å². The molecule has 0 atom stereocenters. The quantitative estimate of drug-likeness (QED) is 0.442. The molecule has 2 amide bonds. The van der Waals surface area contributed by atoms with Crippen LogP contribution >= 0.6 is 12.2 Å². The van der Waals surface area contributed by atoms with Gasteiger partial charge in [-0.3, -0.25) is 25.0 Å². The molecule has 0 aliphatic carbocycles. The molecule has 0 saturated carbocycles. The number of aryl methyl sites for hydroxylation is 1. The van der Waals surface area contributed by atoms with E-state index in [9.17, 15) is 9.59 Å². The number of nitrogens with one attached hydrogen (secondary N) is 3. The fourth-order valence-electron chi connectivity index (χ4n) is 2.68. The van der Waals surface area contributed by atoms with Crippen molar-refractivity contribution in [3.8, 4) is 11.4 Å². The second kappa shape index (κ2) is 9.01. The second-order valence-corrected chi connectivity index (χ2v) is 6.29. The minimum Gasteiger partial charge on any atom is -0.483 e. The summed E-state index contributed by atoms with van der Waals surface area (Å²) < 4.78 is 7.50. The van der Waals surface area contributed by atoms with Crippen LogP contribution in [0.5, 0.6) is 5.75 Å². The third-order valence-electron chi connectivity index (χ3n) is 4.05. The van der Waals surface area contributed by atoms with E-state index in [0.717, 1.165) is 17.7 Å². The lowest BCUT2D eigenvalue weighted by Gasteiger charge is -2.12. The van der Waals surface area contributed by atoms with Crippen LogP contribution in [0.15, 0.2) is 60.8 Å². The second-order valence-electron chi connectivity index (χ2n) is 5.90. The summed E-state index contributed by atoms with van der Waals surface area (Å²) in [7, 11) is 0. The van der Waals surface area contributed by atoms with Crippen molar-refractivity contribution in [1.29, 1.82) is 0 Å². The number of amides is 2. The third kappa shape index (κ3) is 4.47. The molecular weight excluding hydrogens is 376 g/mol. The van der Waals surface area contributed by atoms with Gasteiger partial charge < -0.3 is 9.72 Å². The van der Waals surface area contributed by atoms with Crippen LogP contribution < -0.4 is 15.6 Å². The Kier molecular flexibility index (Phi) is 6.23. The summed E-state index contributed by atoms with van der Waals surface area (Å²) in [6, 6.07) is 16.7. The maximum absolute atomic E-state index is 12.5. The molecule has 0 spiro atoms. The smallest absolute Gasteiger partial charge is 0.288 e. The van der Waals surface area contributed by atoms with Gasteiger partial charge in [0.15, 0.2) is 11.4 Å². The number of hydrogen-bond donors (Lipinski definition) is 3. The fourth-order valence-corrected chi connectivity index (χ4v) is 2.94. The molecule has 0 aliphatic heterocycles. The molecule has 0 saturated heterocycles. The van der Waals surface area contributed by atoms with E-state index in [4.69, 9.17) is 17.0 Å². The van der Waals surface area contributed by atoms with Crippen LogP contribution in [0.3, 0.4) is 0 Å². The Morgan fingerprint density at radius 2 is 1.79 bits per heavy atom. The van der Waals surface area contributed by atoms with Crippen molar-refractivity contribution in [3.05, 3.63) is 76.8 Å². The van der Waals surface area contributed by atoms with Crippen LogP contribution in [0.1, 0.15) is 23.0 Å². The van der Waals surface area contributed by atoms with E-state index in [0.29, 0.717) is 10.5 Å². The first kappa shape index (κ1) is 19.4. The Morgan fingerprint density at radius 3 is 2.54 bits per heavy atom. The predicted octanol–water partition coefficient (Wildman–Crippen LogP) is 2.94. The van der Waals surface area contributed by atoms with E-state index >= 15 is 0 Å². The maximum atomic E-state index is 12.5. The van der Waals surface area contributed by atoms with Gasteiger partial charge in [0.05, 0.1) is 0 Å². The number of carbonyl (C=O) groups is 2. The first-order valence-corrected chi connectivity index (χ1v) is 9.16. The number of hydrogen-bond acceptors (Lipinski definition) is 4. The summed E-state index contributed by atoms with van der Waals surface area (Å²) >= 11 is 5.25. The summed E-state index contributed by atoms with van der Waals surface area (Å²) in [5, 5.41) is 0. The molecule has 144 valence electrons. The summed E-state index contributed by atoms with van der Waals surface area (Å²) in [5.41, 5.74) is 6.75. The Bertz CT molecular complexity index is 1030. The van der Waals surface area contributed by atoms with Crippen molar-refractivity contribution < 1.29 is 14.3 Å². The zero-order valence-electron chi connectivity index (χ0n) is 15.3. The molecule has 0 aliphatic rings. The molecule has 2 aromatic carbocycles. The molecule has 8 heteroatoms. The number of aromatic nitrogens is 2. The number of carbonyl (C=O) groups excluding carboxylic acids is 2. The van der Waals surface area contributed by atoms with E-state index in [1.54, 1.807) is 10.6 Å². The largest absolute Gasteiger partial charge is 0.483 e. The molecule has 0 unspecified atom stereocenters. The van der Waals surface area contributed by atoms with E-state index in [2.05, 4.69) is 15.8 Å². The Balaban J connectivity index is 1.60. The van der Waals surface area contributed by atoms with Gasteiger partial charge >= 0.3 is 0 Å². The highest BCUT2D eigenvalue weighted by Crippen LogP contribution is 2.18. The van der Waals surface area contributed by atoms with Gasteiger partial charge in [0.25, 0.3) is 11.8 Å². The minimum absolute atomic E-state index is 0.213. The fraction of sp³-hybridized carbons (Fsp3) is 0.150. The average Bonchev–Trinajstić information content (AvgIpc) is 3.12. The lowest BCUT2D eigenvalue weighted by atomic mass is 10.1. The molecule has 0 radical (unpaired) electrons. The lowest BCUT2D eigenvalue weighted by Crippen LogP contribution is -2.44. The van der Waals surface area contributed by atoms with Gasteiger partial charge in [0, 0.05) is 11.9 Å². The molecular formula is C20H20N4O3S. The van der Waals surface area contributed by atoms with Crippen molar-refractivity contribution in [2.75, 3.05) is 6.61 Å². The van der Waals surface area contributed by atoms with E-state index < -0.39 is 11.8 Å². The molecule has 7 nitrogen and oxygen atoms in total. The van der Waals surface area contributed by atoms with Crippen LogP contribution in [0.2, 0.25) is 0 Å². The molecule has 3 aromatic rings. The number of ether oxygens (including phenoxy) is 1. The van der Waals surface area contributed by atoms with Crippen molar-refractivity contribution in [2.24, 2.45) is 0 Å². The molecule has 0 bridgehead atoms. The van der Waals surface area contributed by atoms with Crippen LogP contribution in [0.4, 0.5) is 0 Å². The van der Waals surface area contributed by atoms with E-state index in [1.165, 1.54) is 6.20 Å². The zero-order valence-corrected chi connectivity index (χ0v) is 16.1. The van der Waals surface area contributed by atoms with Gasteiger partial charge in [0.2, 0.25) is 0 Å². The average molecular weight is 396 g/mol. The summed E-state index contributed by atoms with van der Waals surface area (Å²) in [6.45, 7) is 1.80. The monoisotopic (exact) mass is 396 g/mol. The highest BCUT2D eigenvalue weighted by molar-refractivity contribution is 7.71. The zero-order chi connectivity index (χ0) is 19.9. The number of H-pyrrole nitrogens is 1. The minimum atomic E-state index is -0.501. The van der Waals surface area contributed by atoms with Crippen LogP contribution in [0.25, 0.3) is 5.69 Å². The van der Waals surface area contributed by atoms with Crippen molar-refractivity contribution in [1.82, 2.24) is 20.4 Å². The topological polar surface area (TPSA) is 88.2 Å². The molecule has 1 aromatic heterocycles. The number of benzene rings is 2. The van der Waals surface area contributed by atoms with Crippen LogP contribution in [0, 0.1) is 4.77 Å². The first-order valence-electron chi connectivity index (χ1n) is 8.76. The number of nitrogens with zero attached hydrogens (tertiary/aromatic N) is 1. The summed E-state index contributed by atoms with van der Waals surface area (Å²) in [4.78, 5) is 27.3. The normalized spacial score (nSPS) is 10.3. The first-order chi connectivity index (χ1) is 13.6. The van der Waals surface area contributed by atoms with Gasteiger partial charge in [-0.15, -0.1) is 0 Å². The molecule has 0 fully saturated rings. The van der Waals surface area contributed by atoms with Crippen molar-refractivity contribution in [3.63, 3.8) is 0 Å². The number of imidazole rings is 1. The molecule has 3 N–H and O–H groups in total.